The average Bonchev–Trinajstić information content (AvgIpc) is 2.69. The second kappa shape index (κ2) is 4.84. The number of fused-ring (bicyclic) bond motifs is 1. The van der Waals surface area contributed by atoms with Crippen LogP contribution >= 0.6 is 11.8 Å². The van der Waals surface area contributed by atoms with E-state index in [1.165, 1.54) is 16.2 Å². The van der Waals surface area contributed by atoms with Crippen molar-refractivity contribution >= 4 is 18.0 Å². The van der Waals surface area contributed by atoms with Crippen molar-refractivity contribution in [1.29, 1.82) is 0 Å². The number of hydrogen-bond donors (Lipinski definition) is 0. The van der Waals surface area contributed by atoms with E-state index in [0.29, 0.717) is 5.92 Å². The molecule has 1 aliphatic heterocycles. The molecule has 0 aromatic heterocycles. The Morgan fingerprint density at radius 3 is 3.13 bits per heavy atom. The smallest absolute Gasteiger partial charge is 0.122 e. The fourth-order valence-corrected chi connectivity index (χ4v) is 3.30. The van der Waals surface area contributed by atoms with Crippen LogP contribution in [0.1, 0.15) is 31.2 Å². The van der Waals surface area contributed by atoms with Gasteiger partial charge in [0.05, 0.1) is 0 Å². The lowest BCUT2D eigenvalue weighted by Crippen LogP contribution is -2.02. The van der Waals surface area contributed by atoms with Crippen LogP contribution in [-0.2, 0) is 4.79 Å². The average molecular weight is 220 g/mol. The van der Waals surface area contributed by atoms with Crippen LogP contribution in [0.5, 0.6) is 0 Å². The Kier molecular flexibility index (Phi) is 3.47. The fraction of sp³-hybridized carbons (Fsp3) is 0.462. The molecule has 1 aliphatic rings. The van der Waals surface area contributed by atoms with Gasteiger partial charge in [-0.2, -0.15) is 0 Å². The van der Waals surface area contributed by atoms with Crippen LogP contribution in [0.4, 0.5) is 0 Å². The maximum atomic E-state index is 10.6. The van der Waals surface area contributed by atoms with Crippen molar-refractivity contribution in [3.05, 3.63) is 29.8 Å². The lowest BCUT2D eigenvalue weighted by atomic mass is 9.93. The first-order valence-electron chi connectivity index (χ1n) is 5.48. The highest BCUT2D eigenvalue weighted by molar-refractivity contribution is 7.99. The molecule has 1 heterocycles. The van der Waals surface area contributed by atoms with Gasteiger partial charge in [-0.3, -0.25) is 0 Å². The van der Waals surface area contributed by atoms with Crippen molar-refractivity contribution in [3.63, 3.8) is 0 Å². The van der Waals surface area contributed by atoms with E-state index in [-0.39, 0.29) is 5.92 Å². The van der Waals surface area contributed by atoms with Gasteiger partial charge in [-0.1, -0.05) is 25.1 Å². The molecule has 0 aliphatic carbocycles. The maximum Gasteiger partial charge on any atom is 0.122 e. The SMILES string of the molecule is CC(C=O)CCC1CSc2ccccc21. The molecular weight excluding hydrogens is 204 g/mol. The van der Waals surface area contributed by atoms with Crippen molar-refractivity contribution in [3.8, 4) is 0 Å². The molecule has 15 heavy (non-hydrogen) atoms. The van der Waals surface area contributed by atoms with Crippen LogP contribution in [-0.4, -0.2) is 12.0 Å². The summed E-state index contributed by atoms with van der Waals surface area (Å²) < 4.78 is 0. The molecule has 0 saturated heterocycles. The number of rotatable bonds is 4. The quantitative estimate of drug-likeness (QED) is 0.722. The molecule has 0 radical (unpaired) electrons. The van der Waals surface area contributed by atoms with Crippen LogP contribution in [0, 0.1) is 5.92 Å². The van der Waals surface area contributed by atoms with Gasteiger partial charge >= 0.3 is 0 Å². The van der Waals surface area contributed by atoms with Gasteiger partial charge in [0.25, 0.3) is 0 Å². The summed E-state index contributed by atoms with van der Waals surface area (Å²) in [5.41, 5.74) is 1.49. The first kappa shape index (κ1) is 10.7. The van der Waals surface area contributed by atoms with Crippen molar-refractivity contribution in [1.82, 2.24) is 0 Å². The Balaban J connectivity index is 1.99. The molecule has 0 N–H and O–H groups in total. The largest absolute Gasteiger partial charge is 0.303 e. The van der Waals surface area contributed by atoms with E-state index in [4.69, 9.17) is 0 Å². The standard InChI is InChI=1S/C13H16OS/c1-10(8-14)6-7-11-9-15-13-5-3-2-4-12(11)13/h2-5,8,10-11H,6-7,9H2,1H3. The maximum absolute atomic E-state index is 10.6. The molecule has 1 aromatic carbocycles. The highest BCUT2D eigenvalue weighted by atomic mass is 32.2. The van der Waals surface area contributed by atoms with Crippen molar-refractivity contribution in [2.24, 2.45) is 5.92 Å². The molecule has 0 saturated carbocycles. The summed E-state index contributed by atoms with van der Waals surface area (Å²) in [5.74, 6) is 2.06. The Labute approximate surface area is 95.3 Å². The highest BCUT2D eigenvalue weighted by Crippen LogP contribution is 2.41. The van der Waals surface area contributed by atoms with E-state index in [9.17, 15) is 4.79 Å². The van der Waals surface area contributed by atoms with E-state index in [0.717, 1.165) is 19.1 Å². The predicted octanol–water partition coefficient (Wildman–Crippen LogP) is 3.49. The van der Waals surface area contributed by atoms with E-state index >= 15 is 0 Å². The van der Waals surface area contributed by atoms with Crippen molar-refractivity contribution in [2.75, 3.05) is 5.75 Å². The Morgan fingerprint density at radius 2 is 2.33 bits per heavy atom. The van der Waals surface area contributed by atoms with Crippen LogP contribution in [0.3, 0.4) is 0 Å². The molecule has 1 nitrogen and oxygen atoms in total. The lowest BCUT2D eigenvalue weighted by Gasteiger charge is -2.11. The van der Waals surface area contributed by atoms with Gasteiger partial charge in [0.1, 0.15) is 6.29 Å². The summed E-state index contributed by atoms with van der Waals surface area (Å²) in [4.78, 5) is 12.0. The summed E-state index contributed by atoms with van der Waals surface area (Å²) in [6, 6.07) is 8.64. The number of benzene rings is 1. The molecule has 0 amide bonds. The number of carbonyl (C=O) groups is 1. The molecule has 2 atom stereocenters. The van der Waals surface area contributed by atoms with Crippen LogP contribution in [0.15, 0.2) is 29.2 Å². The van der Waals surface area contributed by atoms with Gasteiger partial charge in [-0.05, 0) is 30.4 Å². The van der Waals surface area contributed by atoms with Crippen molar-refractivity contribution < 1.29 is 4.79 Å². The van der Waals surface area contributed by atoms with Gasteiger partial charge in [0.2, 0.25) is 0 Å². The third-order valence-electron chi connectivity index (χ3n) is 3.00. The fourth-order valence-electron chi connectivity index (χ4n) is 2.00. The van der Waals surface area contributed by atoms with Crippen LogP contribution in [0.25, 0.3) is 0 Å². The van der Waals surface area contributed by atoms with Crippen LogP contribution < -0.4 is 0 Å². The second-order valence-corrected chi connectivity index (χ2v) is 5.30. The van der Waals surface area contributed by atoms with Gasteiger partial charge in [-0.25, -0.2) is 0 Å². The third kappa shape index (κ3) is 2.43. The summed E-state index contributed by atoms with van der Waals surface area (Å²) in [6.45, 7) is 2.00. The summed E-state index contributed by atoms with van der Waals surface area (Å²) in [5, 5.41) is 0. The number of hydrogen-bond acceptors (Lipinski definition) is 2. The van der Waals surface area contributed by atoms with E-state index in [1.807, 2.05) is 18.7 Å². The Bertz CT molecular complexity index is 348. The first-order chi connectivity index (χ1) is 7.31. The highest BCUT2D eigenvalue weighted by Gasteiger charge is 2.22. The van der Waals surface area contributed by atoms with Crippen LogP contribution in [0.2, 0.25) is 0 Å². The minimum atomic E-state index is 0.211. The lowest BCUT2D eigenvalue weighted by molar-refractivity contribution is -0.110. The molecule has 80 valence electrons. The summed E-state index contributed by atoms with van der Waals surface area (Å²) in [7, 11) is 0. The monoisotopic (exact) mass is 220 g/mol. The zero-order valence-electron chi connectivity index (χ0n) is 8.98. The number of carbonyl (C=O) groups excluding carboxylic acids is 1. The first-order valence-corrected chi connectivity index (χ1v) is 6.47. The molecule has 0 bridgehead atoms. The normalized spacial score (nSPS) is 21.0. The molecule has 2 heteroatoms. The van der Waals surface area contributed by atoms with Gasteiger partial charge in [0, 0.05) is 16.6 Å². The summed E-state index contributed by atoms with van der Waals surface area (Å²) in [6.07, 6.45) is 3.22. The third-order valence-corrected chi connectivity index (χ3v) is 4.25. The molecular formula is C13H16OS. The topological polar surface area (TPSA) is 17.1 Å². The number of thioether (sulfide) groups is 1. The molecule has 2 unspecified atom stereocenters. The Hall–Kier alpha value is -0.760. The minimum Gasteiger partial charge on any atom is -0.303 e. The Morgan fingerprint density at radius 1 is 1.53 bits per heavy atom. The summed E-state index contributed by atoms with van der Waals surface area (Å²) >= 11 is 1.95. The number of aldehydes is 1. The zero-order chi connectivity index (χ0) is 10.7. The molecule has 0 spiro atoms. The molecule has 2 rings (SSSR count). The van der Waals surface area contributed by atoms with E-state index in [2.05, 4.69) is 24.3 Å². The van der Waals surface area contributed by atoms with Gasteiger partial charge < -0.3 is 4.79 Å². The van der Waals surface area contributed by atoms with E-state index < -0.39 is 0 Å². The second-order valence-electron chi connectivity index (χ2n) is 4.24. The predicted molar refractivity (Wildman–Crippen MR) is 64.4 cm³/mol. The minimum absolute atomic E-state index is 0.211. The van der Waals surface area contributed by atoms with Gasteiger partial charge in [-0.15, -0.1) is 11.8 Å². The van der Waals surface area contributed by atoms with E-state index in [1.54, 1.807) is 0 Å². The van der Waals surface area contributed by atoms with Gasteiger partial charge in [0.15, 0.2) is 0 Å². The molecule has 0 fully saturated rings. The van der Waals surface area contributed by atoms with Crippen molar-refractivity contribution in [2.45, 2.75) is 30.6 Å². The zero-order valence-corrected chi connectivity index (χ0v) is 9.80. The molecule has 1 aromatic rings.